The highest BCUT2D eigenvalue weighted by molar-refractivity contribution is 7.18. The quantitative estimate of drug-likeness (QED) is 0.277. The van der Waals surface area contributed by atoms with Crippen LogP contribution in [0.5, 0.6) is 0 Å². The van der Waals surface area contributed by atoms with E-state index in [0.717, 1.165) is 11.3 Å². The summed E-state index contributed by atoms with van der Waals surface area (Å²) >= 11 is 0.850. The van der Waals surface area contributed by atoms with E-state index >= 15 is 0 Å². The Balaban J connectivity index is 2.38. The second kappa shape index (κ2) is 14.0. The van der Waals surface area contributed by atoms with E-state index in [1.54, 1.807) is 34.6 Å². The molecular weight excluding hydrogens is 541 g/mol. The molecule has 0 aliphatic carbocycles. The van der Waals surface area contributed by atoms with Gasteiger partial charge < -0.3 is 25.8 Å². The van der Waals surface area contributed by atoms with Gasteiger partial charge in [-0.15, -0.1) is 11.3 Å². The monoisotopic (exact) mass is 577 g/mol. The molecule has 4 N–H and O–H groups in total. The topological polar surface area (TPSA) is 151 Å². The molecule has 0 spiro atoms. The fourth-order valence-electron chi connectivity index (χ4n) is 4.13. The maximum Gasteiger partial charge on any atom is 0.341 e. The van der Waals surface area contributed by atoms with Gasteiger partial charge in [-0.1, -0.05) is 46.8 Å². The zero-order valence-corrected chi connectivity index (χ0v) is 24.4. The SMILES string of the molecule is CCC(C(=O)Nc1sc(C(=O)N[C@@H](C(=O)N[C@@H](C(=O)O)C(C)C)C(C)C)c(C)c1C(=O)OC)c1ccc(F)cc1. The molecule has 0 aliphatic rings. The van der Waals surface area contributed by atoms with Gasteiger partial charge in [0.15, 0.2) is 0 Å². The summed E-state index contributed by atoms with van der Waals surface area (Å²) in [5.41, 5.74) is 0.823. The number of benzene rings is 1. The highest BCUT2D eigenvalue weighted by Crippen LogP contribution is 2.35. The maximum absolute atomic E-state index is 13.4. The van der Waals surface area contributed by atoms with E-state index < -0.39 is 59.4 Å². The Morgan fingerprint density at radius 2 is 1.52 bits per heavy atom. The molecule has 3 amide bonds. The van der Waals surface area contributed by atoms with Gasteiger partial charge in [0.25, 0.3) is 5.91 Å². The van der Waals surface area contributed by atoms with Crippen LogP contribution >= 0.6 is 11.3 Å². The highest BCUT2D eigenvalue weighted by atomic mass is 32.1. The molecule has 218 valence electrons. The average molecular weight is 578 g/mol. The summed E-state index contributed by atoms with van der Waals surface area (Å²) in [6, 6.07) is 3.31. The first-order valence-electron chi connectivity index (χ1n) is 12.8. The molecule has 2 aromatic rings. The molecular formula is C28H36FN3O7S. The van der Waals surface area contributed by atoms with Gasteiger partial charge in [0, 0.05) is 0 Å². The van der Waals surface area contributed by atoms with E-state index in [1.165, 1.54) is 38.3 Å². The molecule has 0 aliphatic heterocycles. The van der Waals surface area contributed by atoms with Crippen molar-refractivity contribution in [3.8, 4) is 0 Å². The predicted octanol–water partition coefficient (Wildman–Crippen LogP) is 4.09. The highest BCUT2D eigenvalue weighted by Gasteiger charge is 2.33. The number of rotatable bonds is 12. The molecule has 10 nitrogen and oxygen atoms in total. The van der Waals surface area contributed by atoms with Crippen molar-refractivity contribution in [2.75, 3.05) is 12.4 Å². The first kappa shape index (κ1) is 32.4. The smallest absolute Gasteiger partial charge is 0.341 e. The summed E-state index contributed by atoms with van der Waals surface area (Å²) in [6.07, 6.45) is 0.390. The molecule has 1 heterocycles. The Morgan fingerprint density at radius 3 is 2.00 bits per heavy atom. The van der Waals surface area contributed by atoms with E-state index in [2.05, 4.69) is 16.0 Å². The molecule has 2 rings (SSSR count). The molecule has 12 heteroatoms. The number of ether oxygens (including phenoxy) is 1. The number of carbonyl (C=O) groups is 5. The molecule has 3 atom stereocenters. The fourth-order valence-corrected chi connectivity index (χ4v) is 5.23. The summed E-state index contributed by atoms with van der Waals surface area (Å²) in [4.78, 5) is 63.8. The second-order valence-corrected chi connectivity index (χ2v) is 11.0. The standard InChI is InChI=1S/C28H36FN3O7S/c1-8-18(16-9-11-17(29)12-10-16)23(33)32-26-19(28(38)39-7)15(6)22(40-26)25(35)30-20(13(2)3)24(34)31-21(14(4)5)27(36)37/h9-14,18,20-21H,8H2,1-7H3,(H,30,35)(H,31,34)(H,32,33)(H,36,37)/t18?,20-,21-/m1/s1. The van der Waals surface area contributed by atoms with Crippen molar-refractivity contribution in [1.82, 2.24) is 10.6 Å². The fraction of sp³-hybridized carbons (Fsp3) is 0.464. The Bertz CT molecular complexity index is 1260. The van der Waals surface area contributed by atoms with Crippen molar-refractivity contribution < 1.29 is 38.2 Å². The predicted molar refractivity (Wildman–Crippen MR) is 149 cm³/mol. The van der Waals surface area contributed by atoms with E-state index in [-0.39, 0.29) is 26.9 Å². The van der Waals surface area contributed by atoms with Crippen LogP contribution in [0, 0.1) is 24.6 Å². The molecule has 0 bridgehead atoms. The van der Waals surface area contributed by atoms with Gasteiger partial charge >= 0.3 is 11.9 Å². The lowest BCUT2D eigenvalue weighted by Gasteiger charge is -2.25. The summed E-state index contributed by atoms with van der Waals surface area (Å²) in [7, 11) is 1.17. The third-order valence-corrected chi connectivity index (χ3v) is 7.65. The number of anilines is 1. The van der Waals surface area contributed by atoms with Crippen molar-refractivity contribution in [2.45, 2.75) is 66.0 Å². The number of amides is 3. The van der Waals surface area contributed by atoms with Crippen LogP contribution in [-0.2, 0) is 19.1 Å². The molecule has 40 heavy (non-hydrogen) atoms. The van der Waals surface area contributed by atoms with E-state index in [4.69, 9.17) is 4.74 Å². The van der Waals surface area contributed by atoms with E-state index in [1.807, 2.05) is 0 Å². The van der Waals surface area contributed by atoms with Crippen molar-refractivity contribution in [2.24, 2.45) is 11.8 Å². The molecule has 1 unspecified atom stereocenters. The molecule has 0 saturated heterocycles. The normalized spacial score (nSPS) is 13.3. The zero-order chi connectivity index (χ0) is 30.3. The minimum atomic E-state index is -1.19. The first-order chi connectivity index (χ1) is 18.7. The minimum absolute atomic E-state index is 0.00347. The third kappa shape index (κ3) is 7.65. The Hall–Kier alpha value is -3.80. The molecule has 0 radical (unpaired) electrons. The van der Waals surface area contributed by atoms with Crippen LogP contribution in [0.15, 0.2) is 24.3 Å². The van der Waals surface area contributed by atoms with Gasteiger partial charge in [0.05, 0.1) is 23.5 Å². The molecule has 1 aromatic heterocycles. The number of nitrogens with one attached hydrogen (secondary N) is 3. The van der Waals surface area contributed by atoms with Crippen LogP contribution in [0.4, 0.5) is 9.39 Å². The summed E-state index contributed by atoms with van der Waals surface area (Å²) in [6.45, 7) is 10.0. The summed E-state index contributed by atoms with van der Waals surface area (Å²) in [5.74, 6) is -5.63. The van der Waals surface area contributed by atoms with E-state index in [9.17, 15) is 33.5 Å². The largest absolute Gasteiger partial charge is 0.480 e. The van der Waals surface area contributed by atoms with E-state index in [0.29, 0.717) is 12.0 Å². The molecule has 1 aromatic carbocycles. The van der Waals surface area contributed by atoms with Crippen LogP contribution in [0.1, 0.15) is 78.1 Å². The number of aliphatic carboxylic acids is 1. The number of methoxy groups -OCH3 is 1. The molecule has 0 saturated carbocycles. The maximum atomic E-state index is 13.4. The van der Waals surface area contributed by atoms with Gasteiger partial charge in [-0.3, -0.25) is 14.4 Å². The average Bonchev–Trinajstić information content (AvgIpc) is 3.21. The van der Waals surface area contributed by atoms with Gasteiger partial charge in [-0.05, 0) is 48.4 Å². The van der Waals surface area contributed by atoms with Crippen LogP contribution in [0.25, 0.3) is 0 Å². The van der Waals surface area contributed by atoms with Crippen molar-refractivity contribution >= 4 is 46.0 Å². The zero-order valence-electron chi connectivity index (χ0n) is 23.6. The van der Waals surface area contributed by atoms with Crippen LogP contribution in [0.2, 0.25) is 0 Å². The summed E-state index contributed by atoms with van der Waals surface area (Å²) < 4.78 is 18.3. The number of carboxylic acids is 1. The van der Waals surface area contributed by atoms with Crippen LogP contribution in [-0.4, -0.2) is 54.0 Å². The number of halogens is 1. The van der Waals surface area contributed by atoms with Crippen LogP contribution in [0.3, 0.4) is 0 Å². The van der Waals surface area contributed by atoms with Crippen molar-refractivity contribution in [3.63, 3.8) is 0 Å². The number of carbonyl (C=O) groups excluding carboxylic acids is 4. The number of carboxylic acid groups (broad SMARTS) is 1. The van der Waals surface area contributed by atoms with Crippen molar-refractivity contribution in [3.05, 3.63) is 51.7 Å². The third-order valence-electron chi connectivity index (χ3n) is 6.44. The van der Waals surface area contributed by atoms with Crippen molar-refractivity contribution in [1.29, 1.82) is 0 Å². The molecule has 0 fully saturated rings. The first-order valence-corrected chi connectivity index (χ1v) is 13.7. The minimum Gasteiger partial charge on any atom is -0.480 e. The lowest BCUT2D eigenvalue weighted by Crippen LogP contribution is -2.54. The Labute approximate surface area is 236 Å². The number of hydrogen-bond acceptors (Lipinski definition) is 7. The Kier molecular flexibility index (Phi) is 11.4. The van der Waals surface area contributed by atoms with Gasteiger partial charge in [0.1, 0.15) is 22.9 Å². The lowest BCUT2D eigenvalue weighted by molar-refractivity contribution is -0.143. The summed E-state index contributed by atoms with van der Waals surface area (Å²) in [5, 5.41) is 17.4. The van der Waals surface area contributed by atoms with Gasteiger partial charge in [0.2, 0.25) is 11.8 Å². The second-order valence-electron chi connectivity index (χ2n) is 10.0. The number of esters is 1. The number of hydrogen-bond donors (Lipinski definition) is 4. The van der Waals surface area contributed by atoms with Gasteiger partial charge in [-0.2, -0.15) is 0 Å². The van der Waals surface area contributed by atoms with Crippen LogP contribution < -0.4 is 16.0 Å². The van der Waals surface area contributed by atoms with Gasteiger partial charge in [-0.25, -0.2) is 14.0 Å². The Morgan fingerprint density at radius 1 is 0.950 bits per heavy atom. The lowest BCUT2D eigenvalue weighted by atomic mass is 9.95. The number of thiophene rings is 1.